The molecule has 0 saturated carbocycles. The van der Waals surface area contributed by atoms with Crippen molar-refractivity contribution in [3.63, 3.8) is 0 Å². The van der Waals surface area contributed by atoms with Crippen LogP contribution < -0.4 is 0 Å². The summed E-state index contributed by atoms with van der Waals surface area (Å²) < 4.78 is 12.3. The van der Waals surface area contributed by atoms with Crippen LogP contribution in [-0.2, 0) is 0 Å². The number of benzene rings is 8. The maximum atomic E-state index is 6.13. The Bertz CT molecular complexity index is 2680. The number of para-hydroxylation sites is 2. The van der Waals surface area contributed by atoms with Gasteiger partial charge in [0.2, 0.25) is 0 Å². The second-order valence-electron chi connectivity index (χ2n) is 12.6. The molecule has 0 aliphatic rings. The quantitative estimate of drug-likeness (QED) is 0.188. The smallest absolute Gasteiger partial charge is 0.135 e. The lowest BCUT2D eigenvalue weighted by atomic mass is 9.88. The van der Waals surface area contributed by atoms with Gasteiger partial charge in [-0.2, -0.15) is 0 Å². The summed E-state index contributed by atoms with van der Waals surface area (Å²) in [6.07, 6.45) is 0. The minimum atomic E-state index is 0.917. The molecule has 0 amide bonds. The molecule has 0 fully saturated rings. The third kappa shape index (κ3) is 3.64. The van der Waals surface area contributed by atoms with E-state index in [0.717, 1.165) is 43.9 Å². The molecular weight excluding hydrogens is 560 g/mol. The molecule has 0 aliphatic heterocycles. The lowest BCUT2D eigenvalue weighted by molar-refractivity contribution is 0.668. The highest BCUT2D eigenvalue weighted by Crippen LogP contribution is 2.41. The monoisotopic (exact) mass is 588 g/mol. The number of hydrogen-bond donors (Lipinski definition) is 0. The lowest BCUT2D eigenvalue weighted by Gasteiger charge is -2.15. The van der Waals surface area contributed by atoms with Crippen LogP contribution in [-0.4, -0.2) is 0 Å². The molecule has 0 aliphatic carbocycles. The summed E-state index contributed by atoms with van der Waals surface area (Å²) in [5, 5.41) is 12.3. The third-order valence-corrected chi connectivity index (χ3v) is 9.96. The van der Waals surface area contributed by atoms with Crippen LogP contribution in [0.3, 0.4) is 0 Å². The van der Waals surface area contributed by atoms with Crippen LogP contribution in [0.1, 0.15) is 11.1 Å². The minimum absolute atomic E-state index is 0.917. The zero-order valence-electron chi connectivity index (χ0n) is 25.5. The van der Waals surface area contributed by atoms with Crippen molar-refractivity contribution in [1.82, 2.24) is 0 Å². The largest absolute Gasteiger partial charge is 0.456 e. The average molecular weight is 589 g/mol. The van der Waals surface area contributed by atoms with Crippen LogP contribution in [0.25, 0.3) is 98.4 Å². The second kappa shape index (κ2) is 9.32. The van der Waals surface area contributed by atoms with Gasteiger partial charge in [0.1, 0.15) is 22.3 Å². The molecule has 0 N–H and O–H groups in total. The first kappa shape index (κ1) is 25.5. The van der Waals surface area contributed by atoms with Crippen molar-refractivity contribution in [1.29, 1.82) is 0 Å². The van der Waals surface area contributed by atoms with E-state index in [1.807, 2.05) is 24.3 Å². The molecule has 0 atom stereocenters. The van der Waals surface area contributed by atoms with Gasteiger partial charge in [0.05, 0.1) is 0 Å². The number of rotatable bonds is 2. The molecule has 0 radical (unpaired) electrons. The molecule has 46 heavy (non-hydrogen) atoms. The van der Waals surface area contributed by atoms with Gasteiger partial charge in [-0.25, -0.2) is 0 Å². The van der Waals surface area contributed by atoms with Gasteiger partial charge in [0, 0.05) is 21.5 Å². The van der Waals surface area contributed by atoms with Crippen molar-refractivity contribution in [3.8, 4) is 22.3 Å². The number of aryl methyl sites for hydroxylation is 2. The topological polar surface area (TPSA) is 26.3 Å². The first-order valence-corrected chi connectivity index (χ1v) is 15.8. The summed E-state index contributed by atoms with van der Waals surface area (Å²) in [5.74, 6) is 0. The van der Waals surface area contributed by atoms with E-state index in [1.54, 1.807) is 0 Å². The van der Waals surface area contributed by atoms with Crippen molar-refractivity contribution >= 4 is 76.2 Å². The summed E-state index contributed by atoms with van der Waals surface area (Å²) in [7, 11) is 0. The summed E-state index contributed by atoms with van der Waals surface area (Å²) in [6.45, 7) is 4.42. The summed E-state index contributed by atoms with van der Waals surface area (Å²) in [6, 6.07) is 48.3. The Labute approximate surface area is 265 Å². The zero-order valence-corrected chi connectivity index (χ0v) is 25.5. The maximum Gasteiger partial charge on any atom is 0.135 e. The van der Waals surface area contributed by atoms with Crippen molar-refractivity contribution in [2.45, 2.75) is 13.8 Å². The number of fused-ring (bicyclic) bond motifs is 12. The number of hydrogen-bond acceptors (Lipinski definition) is 2. The Hall–Kier alpha value is -5.86. The van der Waals surface area contributed by atoms with Gasteiger partial charge in [0.25, 0.3) is 0 Å². The molecule has 0 saturated heterocycles. The molecule has 10 rings (SSSR count). The van der Waals surface area contributed by atoms with Gasteiger partial charge in [-0.3, -0.25) is 0 Å². The van der Waals surface area contributed by atoms with E-state index in [4.69, 9.17) is 8.83 Å². The molecule has 216 valence electrons. The second-order valence-corrected chi connectivity index (χ2v) is 12.6. The Morgan fingerprint density at radius 3 is 1.09 bits per heavy atom. The van der Waals surface area contributed by atoms with Crippen LogP contribution in [0.5, 0.6) is 0 Å². The van der Waals surface area contributed by atoms with Crippen molar-refractivity contribution in [2.75, 3.05) is 0 Å². The Morgan fingerprint density at radius 2 is 0.630 bits per heavy atom. The van der Waals surface area contributed by atoms with E-state index in [2.05, 4.69) is 123 Å². The molecule has 2 heterocycles. The predicted molar refractivity (Wildman–Crippen MR) is 194 cm³/mol. The number of furan rings is 2. The third-order valence-electron chi connectivity index (χ3n) is 9.96. The summed E-state index contributed by atoms with van der Waals surface area (Å²) >= 11 is 0. The SMILES string of the molecule is Cc1cc2c3ccc(-c4ccc5oc6ccccc6c5c4)cc3c3cc(-c4ccc5oc6ccccc6c5c4)ccc3c2cc1C. The maximum absolute atomic E-state index is 6.13. The first-order valence-electron chi connectivity index (χ1n) is 15.8. The average Bonchev–Trinajstić information content (AvgIpc) is 3.66. The lowest BCUT2D eigenvalue weighted by Crippen LogP contribution is -1.89. The standard InChI is InChI=1S/C44H28O2/c1-25-19-35-31-15-11-27(29-13-17-43-39(23-29)33-7-3-5-9-41(33)45-43)21-37(31)38-22-28(12-16-32(38)36(35)20-26(25)2)30-14-18-44-40(24-30)34-8-4-6-10-42(34)46-44/h3-24H,1-2H3. The van der Waals surface area contributed by atoms with Gasteiger partial charge in [0.15, 0.2) is 0 Å². The van der Waals surface area contributed by atoms with Gasteiger partial charge >= 0.3 is 0 Å². The van der Waals surface area contributed by atoms with Crippen LogP contribution in [0.2, 0.25) is 0 Å². The van der Waals surface area contributed by atoms with E-state index < -0.39 is 0 Å². The van der Waals surface area contributed by atoms with Crippen LogP contribution in [0.15, 0.2) is 142 Å². The van der Waals surface area contributed by atoms with E-state index in [9.17, 15) is 0 Å². The van der Waals surface area contributed by atoms with Gasteiger partial charge in [-0.1, -0.05) is 84.9 Å². The van der Waals surface area contributed by atoms with Crippen molar-refractivity contribution < 1.29 is 8.83 Å². The fraction of sp³-hybridized carbons (Fsp3) is 0.0455. The van der Waals surface area contributed by atoms with Crippen LogP contribution in [0.4, 0.5) is 0 Å². The highest BCUT2D eigenvalue weighted by Gasteiger charge is 2.15. The van der Waals surface area contributed by atoms with Crippen molar-refractivity contribution in [3.05, 3.63) is 145 Å². The molecule has 0 unspecified atom stereocenters. The molecule has 10 aromatic rings. The Morgan fingerprint density at radius 1 is 0.283 bits per heavy atom. The van der Waals surface area contributed by atoms with E-state index in [1.165, 1.54) is 65.7 Å². The normalized spacial score (nSPS) is 12.1. The van der Waals surface area contributed by atoms with Crippen LogP contribution >= 0.6 is 0 Å². The summed E-state index contributed by atoms with van der Waals surface area (Å²) in [4.78, 5) is 0. The highest BCUT2D eigenvalue weighted by molar-refractivity contribution is 6.26. The van der Waals surface area contributed by atoms with E-state index in [0.29, 0.717) is 0 Å². The van der Waals surface area contributed by atoms with E-state index >= 15 is 0 Å². The predicted octanol–water partition coefficient (Wildman–Crippen LogP) is 12.9. The van der Waals surface area contributed by atoms with Crippen LogP contribution in [0, 0.1) is 13.8 Å². The molecular formula is C44H28O2. The highest BCUT2D eigenvalue weighted by atomic mass is 16.3. The van der Waals surface area contributed by atoms with Gasteiger partial charge in [-0.15, -0.1) is 0 Å². The first-order chi connectivity index (χ1) is 22.6. The van der Waals surface area contributed by atoms with Crippen molar-refractivity contribution in [2.24, 2.45) is 0 Å². The summed E-state index contributed by atoms with van der Waals surface area (Å²) in [5.41, 5.74) is 11.1. The van der Waals surface area contributed by atoms with Gasteiger partial charge in [-0.05, 0) is 128 Å². The zero-order chi connectivity index (χ0) is 30.5. The Balaban J connectivity index is 1.24. The van der Waals surface area contributed by atoms with Gasteiger partial charge < -0.3 is 8.83 Å². The molecule has 2 aromatic heterocycles. The molecule has 0 bridgehead atoms. The van der Waals surface area contributed by atoms with E-state index in [-0.39, 0.29) is 0 Å². The Kier molecular flexibility index (Phi) is 5.16. The molecule has 2 heteroatoms. The molecule has 0 spiro atoms. The molecule has 8 aromatic carbocycles. The fourth-order valence-electron chi connectivity index (χ4n) is 7.44. The minimum Gasteiger partial charge on any atom is -0.456 e. The molecule has 2 nitrogen and oxygen atoms in total. The fourth-order valence-corrected chi connectivity index (χ4v) is 7.44.